The Morgan fingerprint density at radius 2 is 1.89 bits per heavy atom. The number of carbonyl (C=O) groups is 2. The fourth-order valence-corrected chi connectivity index (χ4v) is 3.90. The number of carbonyl (C=O) groups excluding carboxylic acids is 2. The standard InChI is InChI=1S/C24H20ClF3N4O3/c1-14(33)30-12-17-13-35-21-18(23(34)31-16-9-7-15(8-10-16)24(26,27)28)4-2-6-20(21)32(17)22-19(25)5-3-11-29-22/h2-11,17H,12-13H2,1H3,(H,30,33)(H,31,34)/t17-/m0/s1. The summed E-state index contributed by atoms with van der Waals surface area (Å²) in [6.07, 6.45) is -2.90. The lowest BCUT2D eigenvalue weighted by atomic mass is 10.1. The SMILES string of the molecule is CC(=O)NC[C@H]1COc2c(C(=O)Nc3ccc(C(F)(F)F)cc3)cccc2N1c1ncccc1Cl. The van der Waals surface area contributed by atoms with Crippen molar-refractivity contribution in [1.29, 1.82) is 0 Å². The maximum absolute atomic E-state index is 13.0. The van der Waals surface area contributed by atoms with Gasteiger partial charge in [-0.2, -0.15) is 13.2 Å². The average molecular weight is 505 g/mol. The molecule has 182 valence electrons. The first-order valence-electron chi connectivity index (χ1n) is 10.5. The summed E-state index contributed by atoms with van der Waals surface area (Å²) in [5.74, 6) is -0.0893. The van der Waals surface area contributed by atoms with Gasteiger partial charge >= 0.3 is 6.18 Å². The summed E-state index contributed by atoms with van der Waals surface area (Å²) in [4.78, 5) is 30.7. The van der Waals surface area contributed by atoms with E-state index in [9.17, 15) is 22.8 Å². The summed E-state index contributed by atoms with van der Waals surface area (Å²) < 4.78 is 44.4. The number of rotatable bonds is 5. The number of fused-ring (bicyclic) bond motifs is 1. The first-order valence-corrected chi connectivity index (χ1v) is 10.9. The average Bonchev–Trinajstić information content (AvgIpc) is 2.82. The third-order valence-corrected chi connectivity index (χ3v) is 5.60. The number of ether oxygens (including phenoxy) is 1. The fourth-order valence-electron chi connectivity index (χ4n) is 3.69. The number of nitrogens with one attached hydrogen (secondary N) is 2. The van der Waals surface area contributed by atoms with Crippen molar-refractivity contribution in [3.63, 3.8) is 0 Å². The summed E-state index contributed by atoms with van der Waals surface area (Å²) in [6.45, 7) is 1.76. The molecule has 11 heteroatoms. The normalized spacial score (nSPS) is 15.1. The minimum absolute atomic E-state index is 0.116. The van der Waals surface area contributed by atoms with Gasteiger partial charge in [-0.05, 0) is 48.5 Å². The zero-order chi connectivity index (χ0) is 25.2. The third kappa shape index (κ3) is 5.32. The van der Waals surface area contributed by atoms with E-state index >= 15 is 0 Å². The zero-order valence-corrected chi connectivity index (χ0v) is 19.2. The lowest BCUT2D eigenvalue weighted by molar-refractivity contribution is -0.137. The molecular formula is C24H20ClF3N4O3. The van der Waals surface area contributed by atoms with E-state index in [1.165, 1.54) is 19.1 Å². The molecule has 2 amide bonds. The van der Waals surface area contributed by atoms with Crippen molar-refractivity contribution in [2.45, 2.75) is 19.1 Å². The molecule has 0 spiro atoms. The Morgan fingerprint density at radius 3 is 2.54 bits per heavy atom. The van der Waals surface area contributed by atoms with Crippen LogP contribution in [-0.4, -0.2) is 36.0 Å². The van der Waals surface area contributed by atoms with Crippen LogP contribution in [-0.2, 0) is 11.0 Å². The minimum atomic E-state index is -4.47. The van der Waals surface area contributed by atoms with Gasteiger partial charge in [-0.25, -0.2) is 4.98 Å². The number of nitrogens with zero attached hydrogens (tertiary/aromatic N) is 2. The molecule has 0 unspecified atom stereocenters. The third-order valence-electron chi connectivity index (χ3n) is 5.31. The van der Waals surface area contributed by atoms with Gasteiger partial charge in [0, 0.05) is 25.4 Å². The summed E-state index contributed by atoms with van der Waals surface area (Å²) in [5.41, 5.74) is 0.0679. The number of alkyl halides is 3. The van der Waals surface area contributed by atoms with E-state index in [2.05, 4.69) is 15.6 Å². The van der Waals surface area contributed by atoms with Gasteiger partial charge in [-0.1, -0.05) is 17.7 Å². The largest absolute Gasteiger partial charge is 0.488 e. The number of amides is 2. The second-order valence-corrected chi connectivity index (χ2v) is 8.17. The molecule has 0 saturated heterocycles. The molecule has 0 saturated carbocycles. The number of para-hydroxylation sites is 1. The predicted molar refractivity (Wildman–Crippen MR) is 125 cm³/mol. The van der Waals surface area contributed by atoms with E-state index < -0.39 is 17.6 Å². The maximum atomic E-state index is 13.0. The second kappa shape index (κ2) is 9.83. The molecule has 2 N–H and O–H groups in total. The lowest BCUT2D eigenvalue weighted by Gasteiger charge is -2.38. The van der Waals surface area contributed by atoms with Gasteiger partial charge < -0.3 is 20.3 Å². The summed E-state index contributed by atoms with van der Waals surface area (Å²) in [7, 11) is 0. The molecule has 1 atom stereocenters. The number of halogens is 4. The van der Waals surface area contributed by atoms with Crippen LogP contribution in [0.2, 0.25) is 5.02 Å². The molecule has 2 aromatic carbocycles. The fraction of sp³-hybridized carbons (Fsp3) is 0.208. The Hall–Kier alpha value is -3.79. The van der Waals surface area contributed by atoms with E-state index in [1.807, 2.05) is 0 Å². The second-order valence-electron chi connectivity index (χ2n) is 7.76. The Balaban J connectivity index is 1.67. The van der Waals surface area contributed by atoms with Crippen molar-refractivity contribution in [3.05, 3.63) is 76.9 Å². The molecule has 7 nitrogen and oxygen atoms in total. The molecule has 35 heavy (non-hydrogen) atoms. The lowest BCUT2D eigenvalue weighted by Crippen LogP contribution is -2.48. The molecule has 2 heterocycles. The van der Waals surface area contributed by atoms with Gasteiger partial charge in [0.15, 0.2) is 11.6 Å². The van der Waals surface area contributed by atoms with Crippen molar-refractivity contribution >= 4 is 40.6 Å². The van der Waals surface area contributed by atoms with Crippen molar-refractivity contribution in [1.82, 2.24) is 10.3 Å². The first kappa shape index (κ1) is 24.3. The van der Waals surface area contributed by atoms with Crippen molar-refractivity contribution in [3.8, 4) is 5.75 Å². The van der Waals surface area contributed by atoms with Crippen LogP contribution in [0.25, 0.3) is 0 Å². The number of benzene rings is 2. The van der Waals surface area contributed by atoms with Gasteiger partial charge in [0.2, 0.25) is 5.91 Å². The van der Waals surface area contributed by atoms with Crippen LogP contribution in [0.15, 0.2) is 60.8 Å². The highest BCUT2D eigenvalue weighted by molar-refractivity contribution is 6.33. The molecule has 0 aliphatic carbocycles. The number of hydrogen-bond donors (Lipinski definition) is 2. The van der Waals surface area contributed by atoms with E-state index in [0.29, 0.717) is 16.5 Å². The predicted octanol–water partition coefficient (Wildman–Crippen LogP) is 5.04. The van der Waals surface area contributed by atoms with Gasteiger partial charge in [0.1, 0.15) is 6.61 Å². The summed E-state index contributed by atoms with van der Waals surface area (Å²) in [6, 6.07) is 12.1. The van der Waals surface area contributed by atoms with E-state index in [4.69, 9.17) is 16.3 Å². The monoisotopic (exact) mass is 504 g/mol. The minimum Gasteiger partial charge on any atom is -0.488 e. The van der Waals surface area contributed by atoms with Crippen LogP contribution in [0.1, 0.15) is 22.8 Å². The topological polar surface area (TPSA) is 83.6 Å². The Bertz CT molecular complexity index is 1250. The molecule has 0 fully saturated rings. The van der Waals surface area contributed by atoms with E-state index in [1.54, 1.807) is 41.4 Å². The van der Waals surface area contributed by atoms with Crippen molar-refractivity contribution in [2.24, 2.45) is 0 Å². The molecule has 4 rings (SSSR count). The van der Waals surface area contributed by atoms with Gasteiger partial charge in [0.25, 0.3) is 5.91 Å². The molecular weight excluding hydrogens is 485 g/mol. The maximum Gasteiger partial charge on any atom is 0.416 e. The Kier molecular flexibility index (Phi) is 6.83. The number of anilines is 3. The summed E-state index contributed by atoms with van der Waals surface area (Å²) >= 11 is 6.41. The molecule has 1 aromatic heterocycles. The van der Waals surface area contributed by atoms with Crippen LogP contribution in [0.3, 0.4) is 0 Å². The van der Waals surface area contributed by atoms with E-state index in [-0.39, 0.29) is 42.1 Å². The highest BCUT2D eigenvalue weighted by Gasteiger charge is 2.34. The number of hydrogen-bond acceptors (Lipinski definition) is 5. The highest BCUT2D eigenvalue weighted by Crippen LogP contribution is 2.42. The zero-order valence-electron chi connectivity index (χ0n) is 18.4. The highest BCUT2D eigenvalue weighted by atomic mass is 35.5. The van der Waals surface area contributed by atoms with Crippen LogP contribution in [0.4, 0.5) is 30.4 Å². The Labute approximate surface area is 203 Å². The van der Waals surface area contributed by atoms with Gasteiger partial charge in [-0.15, -0.1) is 0 Å². The quantitative estimate of drug-likeness (QED) is 0.508. The molecule has 0 radical (unpaired) electrons. The van der Waals surface area contributed by atoms with Crippen LogP contribution < -0.4 is 20.3 Å². The van der Waals surface area contributed by atoms with Crippen LogP contribution >= 0.6 is 11.6 Å². The number of aromatic nitrogens is 1. The molecule has 1 aliphatic rings. The van der Waals surface area contributed by atoms with Crippen LogP contribution in [0, 0.1) is 0 Å². The Morgan fingerprint density at radius 1 is 1.14 bits per heavy atom. The van der Waals surface area contributed by atoms with Crippen molar-refractivity contribution in [2.75, 3.05) is 23.4 Å². The van der Waals surface area contributed by atoms with E-state index in [0.717, 1.165) is 12.1 Å². The number of pyridine rings is 1. The molecule has 0 bridgehead atoms. The summed E-state index contributed by atoms with van der Waals surface area (Å²) in [5, 5.41) is 5.73. The molecule has 1 aliphatic heterocycles. The van der Waals surface area contributed by atoms with Crippen molar-refractivity contribution < 1.29 is 27.5 Å². The molecule has 3 aromatic rings. The van der Waals surface area contributed by atoms with Crippen LogP contribution in [0.5, 0.6) is 5.75 Å². The smallest absolute Gasteiger partial charge is 0.416 e. The first-order chi connectivity index (χ1) is 16.6. The van der Waals surface area contributed by atoms with Gasteiger partial charge in [0.05, 0.1) is 27.9 Å². The van der Waals surface area contributed by atoms with Gasteiger partial charge in [-0.3, -0.25) is 9.59 Å².